The predicted octanol–water partition coefficient (Wildman–Crippen LogP) is 5.22. The summed E-state index contributed by atoms with van der Waals surface area (Å²) in [5, 5.41) is 11.9. The summed E-state index contributed by atoms with van der Waals surface area (Å²) in [5.41, 5.74) is 0. The molecule has 2 aliphatic carbocycles. The second-order valence-corrected chi connectivity index (χ2v) is 9.80. The van der Waals surface area contributed by atoms with E-state index in [1.165, 1.54) is 17.5 Å². The van der Waals surface area contributed by atoms with E-state index in [0.717, 1.165) is 37.4 Å². The molecule has 0 saturated heterocycles. The monoisotopic (exact) mass is 451 g/mol. The molecule has 0 spiro atoms. The first-order valence-electron chi connectivity index (χ1n) is 9.70. The van der Waals surface area contributed by atoms with Crippen LogP contribution in [0.15, 0.2) is 10.4 Å². The zero-order valence-electron chi connectivity index (χ0n) is 15.8. The third-order valence-corrected chi connectivity index (χ3v) is 7.63. The van der Waals surface area contributed by atoms with Crippen molar-refractivity contribution in [3.63, 3.8) is 0 Å². The van der Waals surface area contributed by atoms with Gasteiger partial charge in [0, 0.05) is 12.1 Å². The van der Waals surface area contributed by atoms with E-state index in [2.05, 4.69) is 10.3 Å². The van der Waals surface area contributed by atoms with Crippen LogP contribution in [0.3, 0.4) is 0 Å². The number of rotatable bonds is 6. The average molecular weight is 452 g/mol. The van der Waals surface area contributed by atoms with Crippen LogP contribution in [0.4, 0.5) is 23.1 Å². The van der Waals surface area contributed by atoms with E-state index in [4.69, 9.17) is 5.11 Å². The number of aliphatic carboxylic acids is 1. The van der Waals surface area contributed by atoms with E-state index < -0.39 is 18.1 Å². The number of hydrogen-bond donors (Lipinski definition) is 2. The highest BCUT2D eigenvalue weighted by atomic mass is 32.2. The fourth-order valence-corrected chi connectivity index (χ4v) is 5.75. The lowest BCUT2D eigenvalue weighted by Crippen LogP contribution is -2.50. The lowest BCUT2D eigenvalue weighted by molar-refractivity contribution is -0.184. The van der Waals surface area contributed by atoms with Gasteiger partial charge >= 0.3 is 18.2 Å². The van der Waals surface area contributed by atoms with Gasteiger partial charge in [-0.25, -0.2) is 9.78 Å². The highest BCUT2D eigenvalue weighted by Crippen LogP contribution is 2.40. The molecule has 162 valence electrons. The van der Waals surface area contributed by atoms with Gasteiger partial charge in [-0.15, -0.1) is 11.8 Å². The third kappa shape index (κ3) is 6.00. The van der Waals surface area contributed by atoms with E-state index in [-0.39, 0.29) is 36.7 Å². The Labute approximate surface area is 175 Å². The summed E-state index contributed by atoms with van der Waals surface area (Å²) in [5.74, 6) is -2.30. The van der Waals surface area contributed by atoms with Crippen LogP contribution in [0.2, 0.25) is 0 Å². The number of carbonyl (C=O) groups excluding carboxylic acids is 1. The van der Waals surface area contributed by atoms with Crippen molar-refractivity contribution in [2.24, 2.45) is 5.92 Å². The number of carboxylic acid groups (broad SMARTS) is 1. The zero-order chi connectivity index (χ0) is 21.0. The topological polar surface area (TPSA) is 82.5 Å². The van der Waals surface area contributed by atoms with Gasteiger partial charge < -0.3 is 10.0 Å². The highest BCUT2D eigenvalue weighted by molar-refractivity contribution is 8.01. The summed E-state index contributed by atoms with van der Waals surface area (Å²) in [7, 11) is 0. The van der Waals surface area contributed by atoms with Crippen LogP contribution in [0.1, 0.15) is 51.4 Å². The molecule has 2 amide bonds. The second-order valence-electron chi connectivity index (χ2n) is 7.49. The first kappa shape index (κ1) is 22.2. The molecular formula is C18H24F3N3O3S2. The normalized spacial score (nSPS) is 23.1. The number of urea groups is 1. The molecule has 3 rings (SSSR count). The molecule has 2 saturated carbocycles. The van der Waals surface area contributed by atoms with E-state index in [1.54, 1.807) is 4.90 Å². The third-order valence-electron chi connectivity index (χ3n) is 5.54. The van der Waals surface area contributed by atoms with Crippen molar-refractivity contribution in [3.8, 4) is 0 Å². The van der Waals surface area contributed by atoms with Gasteiger partial charge in [-0.05, 0) is 38.5 Å². The van der Waals surface area contributed by atoms with E-state index in [0.29, 0.717) is 22.2 Å². The van der Waals surface area contributed by atoms with Crippen LogP contribution in [-0.2, 0) is 4.79 Å². The summed E-state index contributed by atoms with van der Waals surface area (Å²) >= 11 is 2.32. The van der Waals surface area contributed by atoms with Crippen molar-refractivity contribution in [2.75, 3.05) is 11.1 Å². The quantitative estimate of drug-likeness (QED) is 0.580. The molecule has 0 aliphatic heterocycles. The number of halogens is 3. The van der Waals surface area contributed by atoms with Crippen LogP contribution in [0, 0.1) is 5.92 Å². The SMILES string of the molecule is O=C(O)CSc1cnc(NC(=O)N(C2CCCC2)C2CCC(C(F)(F)F)CC2)s1. The van der Waals surface area contributed by atoms with Gasteiger partial charge in [0.15, 0.2) is 5.13 Å². The van der Waals surface area contributed by atoms with Gasteiger partial charge in [0.1, 0.15) is 0 Å². The van der Waals surface area contributed by atoms with Crippen LogP contribution >= 0.6 is 23.1 Å². The summed E-state index contributed by atoms with van der Waals surface area (Å²) in [6.07, 6.45) is 1.92. The predicted molar refractivity (Wildman–Crippen MR) is 105 cm³/mol. The Hall–Kier alpha value is -1.49. The largest absolute Gasteiger partial charge is 0.481 e. The number of anilines is 1. The van der Waals surface area contributed by atoms with Crippen molar-refractivity contribution in [1.29, 1.82) is 0 Å². The lowest BCUT2D eigenvalue weighted by Gasteiger charge is -2.40. The number of nitrogens with zero attached hydrogens (tertiary/aromatic N) is 2. The molecular weight excluding hydrogens is 427 g/mol. The number of thioether (sulfide) groups is 1. The molecule has 6 nitrogen and oxygen atoms in total. The van der Waals surface area contributed by atoms with Crippen molar-refractivity contribution in [1.82, 2.24) is 9.88 Å². The van der Waals surface area contributed by atoms with Crippen molar-refractivity contribution < 1.29 is 27.9 Å². The summed E-state index contributed by atoms with van der Waals surface area (Å²) in [4.78, 5) is 29.6. The van der Waals surface area contributed by atoms with Crippen molar-refractivity contribution >= 4 is 40.2 Å². The molecule has 11 heteroatoms. The maximum absolute atomic E-state index is 13.0. The maximum Gasteiger partial charge on any atom is 0.391 e. The summed E-state index contributed by atoms with van der Waals surface area (Å²) in [6, 6.07) is -0.475. The van der Waals surface area contributed by atoms with Crippen LogP contribution < -0.4 is 5.32 Å². The minimum absolute atomic E-state index is 0.0447. The molecule has 0 atom stereocenters. The maximum atomic E-state index is 13.0. The van der Waals surface area contributed by atoms with Gasteiger partial charge in [0.2, 0.25) is 0 Å². The Balaban J connectivity index is 1.64. The molecule has 0 bridgehead atoms. The highest BCUT2D eigenvalue weighted by Gasteiger charge is 2.44. The molecule has 0 aromatic carbocycles. The molecule has 2 N–H and O–H groups in total. The Bertz CT molecular complexity index is 715. The van der Waals surface area contributed by atoms with Crippen molar-refractivity contribution in [3.05, 3.63) is 6.20 Å². The lowest BCUT2D eigenvalue weighted by atomic mass is 9.84. The Morgan fingerprint density at radius 2 is 1.79 bits per heavy atom. The van der Waals surface area contributed by atoms with Gasteiger partial charge in [0.05, 0.1) is 22.1 Å². The van der Waals surface area contributed by atoms with Gasteiger partial charge in [-0.3, -0.25) is 10.1 Å². The van der Waals surface area contributed by atoms with Crippen LogP contribution in [0.25, 0.3) is 0 Å². The average Bonchev–Trinajstić information content (AvgIpc) is 3.32. The number of carboxylic acids is 1. The Morgan fingerprint density at radius 3 is 2.38 bits per heavy atom. The molecule has 1 aromatic heterocycles. The first-order chi connectivity index (χ1) is 13.7. The van der Waals surface area contributed by atoms with Crippen molar-refractivity contribution in [2.45, 2.75) is 73.8 Å². The van der Waals surface area contributed by atoms with Crippen LogP contribution in [-0.4, -0.2) is 51.0 Å². The fourth-order valence-electron chi connectivity index (χ4n) is 4.17. The molecule has 1 aromatic rings. The van der Waals surface area contributed by atoms with E-state index >= 15 is 0 Å². The number of thiazole rings is 1. The number of carbonyl (C=O) groups is 2. The molecule has 2 aliphatic rings. The Kier molecular flexibility index (Phi) is 7.31. The summed E-state index contributed by atoms with van der Waals surface area (Å²) in [6.45, 7) is 0. The minimum atomic E-state index is -4.17. The minimum Gasteiger partial charge on any atom is -0.481 e. The summed E-state index contributed by atoms with van der Waals surface area (Å²) < 4.78 is 39.7. The van der Waals surface area contributed by atoms with Gasteiger partial charge in [0.25, 0.3) is 0 Å². The molecule has 0 radical (unpaired) electrons. The van der Waals surface area contributed by atoms with Crippen LogP contribution in [0.5, 0.6) is 0 Å². The number of aromatic nitrogens is 1. The molecule has 2 fully saturated rings. The first-order valence-corrected chi connectivity index (χ1v) is 11.5. The van der Waals surface area contributed by atoms with Gasteiger partial charge in [-0.2, -0.15) is 13.2 Å². The zero-order valence-corrected chi connectivity index (χ0v) is 17.4. The molecule has 1 heterocycles. The second kappa shape index (κ2) is 9.55. The fraction of sp³-hybridized carbons (Fsp3) is 0.722. The standard InChI is InChI=1S/C18H24F3N3O3S2/c19-18(20,21)11-5-7-13(8-6-11)24(12-3-1-2-4-12)17(27)23-16-22-9-15(29-16)28-10-14(25)26/h9,11-13H,1-8,10H2,(H,25,26)(H,22,23,27). The van der Waals surface area contributed by atoms with Gasteiger partial charge in [-0.1, -0.05) is 24.2 Å². The smallest absolute Gasteiger partial charge is 0.391 e. The number of hydrogen-bond acceptors (Lipinski definition) is 5. The number of nitrogens with one attached hydrogen (secondary N) is 1. The van der Waals surface area contributed by atoms with E-state index in [1.807, 2.05) is 0 Å². The molecule has 0 unspecified atom stereocenters. The van der Waals surface area contributed by atoms with E-state index in [9.17, 15) is 22.8 Å². The molecule has 29 heavy (non-hydrogen) atoms. The number of amides is 2. The Morgan fingerprint density at radius 1 is 1.17 bits per heavy atom. The number of alkyl halides is 3.